The van der Waals surface area contributed by atoms with Crippen molar-refractivity contribution in [3.63, 3.8) is 0 Å². The third-order valence-electron chi connectivity index (χ3n) is 2.70. The van der Waals surface area contributed by atoms with Crippen LogP contribution < -0.4 is 5.63 Å². The largest absolute Gasteiger partial charge is 0.508 e. The molecule has 2 rings (SSSR count). The highest BCUT2D eigenvalue weighted by molar-refractivity contribution is 5.21. The summed E-state index contributed by atoms with van der Waals surface area (Å²) in [7, 11) is 0. The Morgan fingerprint density at radius 3 is 2.82 bits per heavy atom. The highest BCUT2D eigenvalue weighted by Gasteiger charge is 2.15. The number of rotatable bonds is 4. The molecule has 0 aliphatic heterocycles. The number of hydrogen-bond donors (Lipinski definition) is 1. The van der Waals surface area contributed by atoms with Gasteiger partial charge in [0, 0.05) is 18.4 Å². The zero-order chi connectivity index (χ0) is 12.3. The van der Waals surface area contributed by atoms with Crippen molar-refractivity contribution in [2.75, 3.05) is 0 Å². The summed E-state index contributed by atoms with van der Waals surface area (Å²) < 4.78 is 10.4. The van der Waals surface area contributed by atoms with Gasteiger partial charge in [-0.15, -0.1) is 0 Å². The minimum atomic E-state index is -0.530. The molecule has 2 aromatic rings. The third kappa shape index (κ3) is 2.78. The minimum absolute atomic E-state index is 0.0287. The Hall–Kier alpha value is -1.97. The summed E-state index contributed by atoms with van der Waals surface area (Å²) in [5.41, 5.74) is -0.530. The second-order valence-electron chi connectivity index (χ2n) is 3.93. The average molecular weight is 234 g/mol. The van der Waals surface area contributed by atoms with Gasteiger partial charge in [-0.25, -0.2) is 4.79 Å². The van der Waals surface area contributed by atoms with Gasteiger partial charge in [0.05, 0.1) is 12.3 Å². The van der Waals surface area contributed by atoms with E-state index in [1.54, 1.807) is 6.26 Å². The molecular weight excluding hydrogens is 220 g/mol. The SMILES string of the molecule is CCC(Cc1ccco1)c1cc(O)cc(=O)o1. The molecule has 0 radical (unpaired) electrons. The molecule has 17 heavy (non-hydrogen) atoms. The molecule has 0 aliphatic carbocycles. The number of hydrogen-bond acceptors (Lipinski definition) is 4. The van der Waals surface area contributed by atoms with Gasteiger partial charge in [-0.3, -0.25) is 0 Å². The van der Waals surface area contributed by atoms with E-state index in [4.69, 9.17) is 8.83 Å². The van der Waals surface area contributed by atoms with Crippen molar-refractivity contribution >= 4 is 0 Å². The van der Waals surface area contributed by atoms with Crippen LogP contribution in [-0.4, -0.2) is 5.11 Å². The summed E-state index contributed by atoms with van der Waals surface area (Å²) in [6, 6.07) is 6.24. The quantitative estimate of drug-likeness (QED) is 0.883. The van der Waals surface area contributed by atoms with Crippen LogP contribution in [0.3, 0.4) is 0 Å². The molecule has 0 fully saturated rings. The van der Waals surface area contributed by atoms with E-state index in [1.165, 1.54) is 6.07 Å². The normalized spacial score (nSPS) is 12.5. The van der Waals surface area contributed by atoms with Crippen LogP contribution >= 0.6 is 0 Å². The van der Waals surface area contributed by atoms with Crippen LogP contribution in [0.5, 0.6) is 5.75 Å². The van der Waals surface area contributed by atoms with Gasteiger partial charge in [0.15, 0.2) is 0 Å². The second kappa shape index (κ2) is 4.91. The summed E-state index contributed by atoms with van der Waals surface area (Å²) in [6.07, 6.45) is 3.06. The Bertz CT molecular complexity index is 525. The maximum atomic E-state index is 11.2. The summed E-state index contributed by atoms with van der Waals surface area (Å²) >= 11 is 0. The zero-order valence-electron chi connectivity index (χ0n) is 9.55. The minimum Gasteiger partial charge on any atom is -0.508 e. The lowest BCUT2D eigenvalue weighted by atomic mass is 9.97. The Morgan fingerprint density at radius 1 is 1.41 bits per heavy atom. The first-order valence-electron chi connectivity index (χ1n) is 5.55. The van der Waals surface area contributed by atoms with E-state index in [1.807, 2.05) is 19.1 Å². The molecule has 0 saturated heterocycles. The predicted molar refractivity (Wildman–Crippen MR) is 62.1 cm³/mol. The van der Waals surface area contributed by atoms with Gasteiger partial charge in [-0.05, 0) is 18.6 Å². The fourth-order valence-electron chi connectivity index (χ4n) is 1.80. The topological polar surface area (TPSA) is 63.6 Å². The van der Waals surface area contributed by atoms with Crippen molar-refractivity contribution in [1.82, 2.24) is 0 Å². The van der Waals surface area contributed by atoms with Crippen molar-refractivity contribution in [1.29, 1.82) is 0 Å². The molecule has 0 aliphatic rings. The standard InChI is InChI=1S/C13H14O4/c1-2-9(6-11-4-3-5-16-11)12-7-10(14)8-13(15)17-12/h3-5,7-9,14H,2,6H2,1H3. The lowest BCUT2D eigenvalue weighted by Gasteiger charge is -2.11. The van der Waals surface area contributed by atoms with Gasteiger partial charge in [-0.2, -0.15) is 0 Å². The molecule has 90 valence electrons. The summed E-state index contributed by atoms with van der Waals surface area (Å²) in [5.74, 6) is 1.30. The number of furan rings is 1. The van der Waals surface area contributed by atoms with Crippen molar-refractivity contribution in [3.05, 3.63) is 52.5 Å². The smallest absolute Gasteiger partial charge is 0.339 e. The summed E-state index contributed by atoms with van der Waals surface area (Å²) in [5, 5.41) is 9.38. The van der Waals surface area contributed by atoms with E-state index >= 15 is 0 Å². The molecule has 1 unspecified atom stereocenters. The van der Waals surface area contributed by atoms with Crippen LogP contribution in [0.1, 0.15) is 30.8 Å². The van der Waals surface area contributed by atoms with Crippen molar-refractivity contribution in [2.24, 2.45) is 0 Å². The molecule has 0 bridgehead atoms. The molecule has 1 N–H and O–H groups in total. The van der Waals surface area contributed by atoms with E-state index < -0.39 is 5.63 Å². The van der Waals surface area contributed by atoms with Crippen LogP contribution in [0.15, 0.2) is 44.2 Å². The molecule has 2 aromatic heterocycles. The highest BCUT2D eigenvalue weighted by atomic mass is 16.4. The lowest BCUT2D eigenvalue weighted by Crippen LogP contribution is -2.06. The molecule has 0 spiro atoms. The van der Waals surface area contributed by atoms with Gasteiger partial charge < -0.3 is 13.9 Å². The molecular formula is C13H14O4. The molecule has 2 heterocycles. The first kappa shape index (κ1) is 11.5. The maximum Gasteiger partial charge on any atom is 0.339 e. The zero-order valence-corrected chi connectivity index (χ0v) is 9.55. The fraction of sp³-hybridized carbons (Fsp3) is 0.308. The van der Waals surface area contributed by atoms with E-state index in [0.29, 0.717) is 12.2 Å². The van der Waals surface area contributed by atoms with Gasteiger partial charge >= 0.3 is 5.63 Å². The molecule has 0 amide bonds. The molecule has 1 atom stereocenters. The molecule has 4 nitrogen and oxygen atoms in total. The average Bonchev–Trinajstić information content (AvgIpc) is 2.77. The Kier molecular flexibility index (Phi) is 3.32. The maximum absolute atomic E-state index is 11.2. The van der Waals surface area contributed by atoms with E-state index in [0.717, 1.165) is 18.2 Å². The third-order valence-corrected chi connectivity index (χ3v) is 2.70. The van der Waals surface area contributed by atoms with Gasteiger partial charge in [0.1, 0.15) is 17.3 Å². The van der Waals surface area contributed by atoms with Gasteiger partial charge in [-0.1, -0.05) is 6.92 Å². The van der Waals surface area contributed by atoms with Crippen molar-refractivity contribution in [3.8, 4) is 5.75 Å². The molecule has 4 heteroatoms. The monoisotopic (exact) mass is 234 g/mol. The highest BCUT2D eigenvalue weighted by Crippen LogP contribution is 2.25. The van der Waals surface area contributed by atoms with Crippen LogP contribution in [0.25, 0.3) is 0 Å². The second-order valence-corrected chi connectivity index (χ2v) is 3.93. The summed E-state index contributed by atoms with van der Waals surface area (Å²) in [6.45, 7) is 2.00. The van der Waals surface area contributed by atoms with Crippen molar-refractivity contribution < 1.29 is 13.9 Å². The van der Waals surface area contributed by atoms with E-state index in [9.17, 15) is 9.90 Å². The van der Waals surface area contributed by atoms with Crippen LogP contribution in [0.4, 0.5) is 0 Å². The Balaban J connectivity index is 2.25. The van der Waals surface area contributed by atoms with Gasteiger partial charge in [0.2, 0.25) is 0 Å². The van der Waals surface area contributed by atoms with E-state index in [-0.39, 0.29) is 11.7 Å². The molecule has 0 saturated carbocycles. The van der Waals surface area contributed by atoms with Crippen LogP contribution in [-0.2, 0) is 6.42 Å². The Labute approximate surface area is 98.5 Å². The molecule has 0 aromatic carbocycles. The van der Waals surface area contributed by atoms with Crippen molar-refractivity contribution in [2.45, 2.75) is 25.7 Å². The van der Waals surface area contributed by atoms with Gasteiger partial charge in [0.25, 0.3) is 0 Å². The number of aromatic hydroxyl groups is 1. The first-order chi connectivity index (χ1) is 8.19. The Morgan fingerprint density at radius 2 is 2.24 bits per heavy atom. The van der Waals surface area contributed by atoms with E-state index in [2.05, 4.69) is 0 Å². The van der Waals surface area contributed by atoms with Crippen LogP contribution in [0, 0.1) is 0 Å². The van der Waals surface area contributed by atoms with Crippen LogP contribution in [0.2, 0.25) is 0 Å². The summed E-state index contributed by atoms with van der Waals surface area (Å²) in [4.78, 5) is 11.2. The first-order valence-corrected chi connectivity index (χ1v) is 5.55. The fourth-order valence-corrected chi connectivity index (χ4v) is 1.80. The lowest BCUT2D eigenvalue weighted by molar-refractivity contribution is 0.381. The predicted octanol–water partition coefficient (Wildman–Crippen LogP) is 2.67.